The number of aromatic nitrogens is 1. The number of hydrogen-bond acceptors (Lipinski definition) is 3. The zero-order chi connectivity index (χ0) is 15.4. The highest BCUT2D eigenvalue weighted by molar-refractivity contribution is 5.97. The summed E-state index contributed by atoms with van der Waals surface area (Å²) in [6, 6.07) is 13.2. The lowest BCUT2D eigenvalue weighted by Gasteiger charge is -2.27. The number of ether oxygens (including phenoxy) is 1. The molecule has 2 aromatic rings. The number of esters is 1. The van der Waals surface area contributed by atoms with E-state index in [9.17, 15) is 9.59 Å². The van der Waals surface area contributed by atoms with Crippen molar-refractivity contribution in [3.05, 3.63) is 59.9 Å². The van der Waals surface area contributed by atoms with Gasteiger partial charge in [-0.2, -0.15) is 0 Å². The predicted molar refractivity (Wildman–Crippen MR) is 82.7 cm³/mol. The summed E-state index contributed by atoms with van der Waals surface area (Å²) >= 11 is 0. The fourth-order valence-electron chi connectivity index (χ4n) is 3.20. The van der Waals surface area contributed by atoms with Gasteiger partial charge in [0.2, 0.25) is 5.78 Å². The zero-order valence-electron chi connectivity index (χ0n) is 12.4. The Morgan fingerprint density at radius 2 is 1.77 bits per heavy atom. The molecule has 0 amide bonds. The second-order valence-electron chi connectivity index (χ2n) is 5.74. The molecule has 0 unspecified atom stereocenters. The Kier molecular flexibility index (Phi) is 4.09. The number of aromatic amines is 1. The largest absolute Gasteiger partial charge is 0.457 e. The number of hydrogen-bond donors (Lipinski definition) is 1. The van der Waals surface area contributed by atoms with Crippen molar-refractivity contribution in [3.63, 3.8) is 0 Å². The quantitative estimate of drug-likeness (QED) is 0.680. The Labute approximate surface area is 129 Å². The van der Waals surface area contributed by atoms with Gasteiger partial charge in [-0.3, -0.25) is 9.59 Å². The highest BCUT2D eigenvalue weighted by Gasteiger charge is 2.44. The first-order valence-corrected chi connectivity index (χ1v) is 7.62. The Morgan fingerprint density at radius 1 is 1.05 bits per heavy atom. The van der Waals surface area contributed by atoms with Crippen LogP contribution in [0.15, 0.2) is 48.7 Å². The number of nitrogens with one attached hydrogen (secondary N) is 1. The fraction of sp³-hybridized carbons (Fsp3) is 0.333. The molecule has 1 aromatic carbocycles. The molecule has 0 atom stereocenters. The molecule has 0 spiro atoms. The number of carbonyl (C=O) groups excluding carboxylic acids is 2. The molecule has 0 aliphatic heterocycles. The molecule has 1 fully saturated rings. The number of carbonyl (C=O) groups is 2. The lowest BCUT2D eigenvalue weighted by molar-refractivity contribution is -0.149. The van der Waals surface area contributed by atoms with Gasteiger partial charge in [0.15, 0.2) is 6.61 Å². The molecule has 0 bridgehead atoms. The number of ketones is 1. The number of H-pyrrole nitrogens is 1. The van der Waals surface area contributed by atoms with Gasteiger partial charge in [0.1, 0.15) is 0 Å². The van der Waals surface area contributed by atoms with Crippen LogP contribution in [-0.2, 0) is 14.9 Å². The minimum absolute atomic E-state index is 0.209. The monoisotopic (exact) mass is 297 g/mol. The lowest BCUT2D eigenvalue weighted by atomic mass is 9.79. The summed E-state index contributed by atoms with van der Waals surface area (Å²) in [5.41, 5.74) is 0.870. The molecule has 22 heavy (non-hydrogen) atoms. The van der Waals surface area contributed by atoms with Crippen LogP contribution >= 0.6 is 0 Å². The van der Waals surface area contributed by atoms with Crippen molar-refractivity contribution in [1.82, 2.24) is 4.98 Å². The zero-order valence-corrected chi connectivity index (χ0v) is 12.4. The van der Waals surface area contributed by atoms with E-state index in [1.165, 1.54) is 0 Å². The van der Waals surface area contributed by atoms with Crippen LogP contribution in [0.2, 0.25) is 0 Å². The van der Waals surface area contributed by atoms with Crippen LogP contribution in [0.3, 0.4) is 0 Å². The maximum atomic E-state index is 12.7. The van der Waals surface area contributed by atoms with Crippen LogP contribution < -0.4 is 0 Å². The van der Waals surface area contributed by atoms with Crippen LogP contribution in [0, 0.1) is 0 Å². The summed E-state index contributed by atoms with van der Waals surface area (Å²) in [6.07, 6.45) is 5.26. The first-order valence-electron chi connectivity index (χ1n) is 7.62. The molecule has 114 valence electrons. The Morgan fingerprint density at radius 3 is 2.41 bits per heavy atom. The summed E-state index contributed by atoms with van der Waals surface area (Å²) in [5.74, 6) is -0.490. The van der Waals surface area contributed by atoms with Crippen LogP contribution in [0.25, 0.3) is 0 Å². The third-order valence-corrected chi connectivity index (χ3v) is 4.41. The van der Waals surface area contributed by atoms with Gasteiger partial charge in [-0.25, -0.2) is 0 Å². The van der Waals surface area contributed by atoms with E-state index in [2.05, 4.69) is 4.98 Å². The minimum Gasteiger partial charge on any atom is -0.457 e. The highest BCUT2D eigenvalue weighted by atomic mass is 16.5. The number of Topliss-reactive ketones (excluding diaryl/α,β-unsaturated/α-hetero) is 1. The predicted octanol–water partition coefficient (Wildman–Crippen LogP) is 3.25. The van der Waals surface area contributed by atoms with Gasteiger partial charge in [0.05, 0.1) is 11.1 Å². The van der Waals surface area contributed by atoms with E-state index in [0.29, 0.717) is 5.69 Å². The topological polar surface area (TPSA) is 59.2 Å². The van der Waals surface area contributed by atoms with Crippen LogP contribution in [0.4, 0.5) is 0 Å². The van der Waals surface area contributed by atoms with Gasteiger partial charge in [0.25, 0.3) is 0 Å². The van der Waals surface area contributed by atoms with Crippen molar-refractivity contribution < 1.29 is 14.3 Å². The van der Waals surface area contributed by atoms with Gasteiger partial charge < -0.3 is 9.72 Å². The average molecular weight is 297 g/mol. The molecular weight excluding hydrogens is 278 g/mol. The van der Waals surface area contributed by atoms with E-state index in [4.69, 9.17) is 4.74 Å². The molecule has 1 saturated carbocycles. The maximum Gasteiger partial charge on any atom is 0.317 e. The highest BCUT2D eigenvalue weighted by Crippen LogP contribution is 2.42. The van der Waals surface area contributed by atoms with Gasteiger partial charge in [-0.15, -0.1) is 0 Å². The first kappa shape index (κ1) is 14.6. The number of benzene rings is 1. The molecule has 0 saturated heterocycles. The molecule has 4 nitrogen and oxygen atoms in total. The van der Waals surface area contributed by atoms with Crippen LogP contribution in [0.1, 0.15) is 41.7 Å². The van der Waals surface area contributed by atoms with Crippen LogP contribution in [0.5, 0.6) is 0 Å². The maximum absolute atomic E-state index is 12.7. The van der Waals surface area contributed by atoms with E-state index in [1.807, 2.05) is 30.3 Å². The van der Waals surface area contributed by atoms with E-state index in [-0.39, 0.29) is 18.4 Å². The molecule has 1 aliphatic rings. The van der Waals surface area contributed by atoms with E-state index >= 15 is 0 Å². The number of rotatable bonds is 5. The SMILES string of the molecule is O=C(COC(=O)C1(c2ccccc2)CCCC1)c1ccc[nH]1. The summed E-state index contributed by atoms with van der Waals surface area (Å²) < 4.78 is 5.36. The molecule has 0 radical (unpaired) electrons. The Bertz CT molecular complexity index is 640. The van der Waals surface area contributed by atoms with Crippen LogP contribution in [-0.4, -0.2) is 23.3 Å². The van der Waals surface area contributed by atoms with Crippen molar-refractivity contribution in [2.75, 3.05) is 6.61 Å². The fourth-order valence-corrected chi connectivity index (χ4v) is 3.20. The summed E-state index contributed by atoms with van der Waals surface area (Å²) in [4.78, 5) is 27.4. The molecule has 1 heterocycles. The molecule has 1 aliphatic carbocycles. The van der Waals surface area contributed by atoms with E-state index < -0.39 is 5.41 Å². The molecular formula is C18H19NO3. The van der Waals surface area contributed by atoms with Gasteiger partial charge in [-0.05, 0) is 30.5 Å². The summed E-state index contributed by atoms with van der Waals surface area (Å²) in [5, 5.41) is 0. The molecule has 1 N–H and O–H groups in total. The van der Waals surface area contributed by atoms with Gasteiger partial charge in [0, 0.05) is 6.20 Å². The smallest absolute Gasteiger partial charge is 0.317 e. The Balaban J connectivity index is 1.73. The molecule has 3 rings (SSSR count). The Hall–Kier alpha value is -2.36. The molecule has 1 aromatic heterocycles. The average Bonchev–Trinajstić information content (AvgIpc) is 3.25. The van der Waals surface area contributed by atoms with Gasteiger partial charge >= 0.3 is 5.97 Å². The second kappa shape index (κ2) is 6.18. The van der Waals surface area contributed by atoms with Crippen molar-refractivity contribution in [3.8, 4) is 0 Å². The summed E-state index contributed by atoms with van der Waals surface area (Å²) in [6.45, 7) is -0.214. The standard InChI is InChI=1S/C18H19NO3/c20-16(15-9-6-12-19-15)13-22-17(21)18(10-4-5-11-18)14-7-2-1-3-8-14/h1-3,6-9,12,19H,4-5,10-11,13H2. The first-order chi connectivity index (χ1) is 10.7. The second-order valence-corrected chi connectivity index (χ2v) is 5.74. The summed E-state index contributed by atoms with van der Waals surface area (Å²) in [7, 11) is 0. The normalized spacial score (nSPS) is 16.4. The molecule has 4 heteroatoms. The van der Waals surface area contributed by atoms with Crippen molar-refractivity contribution in [2.24, 2.45) is 0 Å². The third-order valence-electron chi connectivity index (χ3n) is 4.41. The third kappa shape index (κ3) is 2.69. The van der Waals surface area contributed by atoms with Crippen molar-refractivity contribution in [2.45, 2.75) is 31.1 Å². The minimum atomic E-state index is -0.586. The lowest BCUT2D eigenvalue weighted by Crippen LogP contribution is -2.35. The van der Waals surface area contributed by atoms with Crippen molar-refractivity contribution in [1.29, 1.82) is 0 Å². The van der Waals surface area contributed by atoms with E-state index in [0.717, 1.165) is 31.2 Å². The van der Waals surface area contributed by atoms with Crippen molar-refractivity contribution >= 4 is 11.8 Å². The van der Waals surface area contributed by atoms with Gasteiger partial charge in [-0.1, -0.05) is 43.2 Å². The van der Waals surface area contributed by atoms with E-state index in [1.54, 1.807) is 18.3 Å².